The van der Waals surface area contributed by atoms with Gasteiger partial charge in [0.25, 0.3) is 0 Å². The quantitative estimate of drug-likeness (QED) is 0.900. The summed E-state index contributed by atoms with van der Waals surface area (Å²) >= 11 is 0. The minimum atomic E-state index is -0.913. The van der Waals surface area contributed by atoms with Crippen molar-refractivity contribution in [2.24, 2.45) is 5.73 Å². The maximum absolute atomic E-state index is 13.1. The lowest BCUT2D eigenvalue weighted by Gasteiger charge is -2.14. The van der Waals surface area contributed by atoms with Gasteiger partial charge in [0.05, 0.1) is 0 Å². The molecule has 0 aliphatic heterocycles. The summed E-state index contributed by atoms with van der Waals surface area (Å²) in [5.74, 6) is -2.11. The Morgan fingerprint density at radius 1 is 1.00 bits per heavy atom. The summed E-state index contributed by atoms with van der Waals surface area (Å²) in [7, 11) is 0. The van der Waals surface area contributed by atoms with Crippen LogP contribution in [0.3, 0.4) is 0 Å². The van der Waals surface area contributed by atoms with E-state index in [2.05, 4.69) is 0 Å². The molecule has 0 saturated heterocycles. The molecule has 1 atom stereocenters. The molecule has 2 rings (SSSR count). The van der Waals surface area contributed by atoms with Crippen molar-refractivity contribution in [2.45, 2.75) is 19.4 Å². The van der Waals surface area contributed by atoms with Crippen LogP contribution in [0.25, 0.3) is 0 Å². The largest absolute Gasteiger partial charge is 0.324 e. The van der Waals surface area contributed by atoms with Gasteiger partial charge in [-0.25, -0.2) is 13.2 Å². The SMILES string of the molecule is Cc1cc(F)ccc1CC(N)c1ccc(F)c(F)c1. The second-order valence-corrected chi connectivity index (χ2v) is 4.55. The molecule has 19 heavy (non-hydrogen) atoms. The van der Waals surface area contributed by atoms with E-state index in [9.17, 15) is 13.2 Å². The molecule has 0 bridgehead atoms. The lowest BCUT2D eigenvalue weighted by molar-refractivity contribution is 0.505. The van der Waals surface area contributed by atoms with E-state index >= 15 is 0 Å². The molecule has 0 radical (unpaired) electrons. The van der Waals surface area contributed by atoms with Crippen LogP contribution in [0.5, 0.6) is 0 Å². The Balaban J connectivity index is 2.20. The molecule has 0 heterocycles. The van der Waals surface area contributed by atoms with Crippen LogP contribution in [0.15, 0.2) is 36.4 Å². The van der Waals surface area contributed by atoms with Crippen molar-refractivity contribution in [1.82, 2.24) is 0 Å². The standard InChI is InChI=1S/C15H14F3N/c1-9-6-12(16)4-2-10(9)8-15(19)11-3-5-13(17)14(18)7-11/h2-7,15H,8,19H2,1H3. The van der Waals surface area contributed by atoms with Gasteiger partial charge in [0.15, 0.2) is 11.6 Å². The first-order chi connectivity index (χ1) is 8.97. The average molecular weight is 265 g/mol. The highest BCUT2D eigenvalue weighted by Gasteiger charge is 2.12. The fourth-order valence-electron chi connectivity index (χ4n) is 1.99. The lowest BCUT2D eigenvalue weighted by Crippen LogP contribution is -2.14. The second-order valence-electron chi connectivity index (χ2n) is 4.55. The number of aryl methyl sites for hydroxylation is 1. The highest BCUT2D eigenvalue weighted by molar-refractivity contribution is 5.30. The van der Waals surface area contributed by atoms with Crippen molar-refractivity contribution in [3.05, 3.63) is 70.5 Å². The minimum absolute atomic E-state index is 0.303. The summed E-state index contributed by atoms with van der Waals surface area (Å²) in [6, 6.07) is 7.60. The van der Waals surface area contributed by atoms with Crippen LogP contribution in [0.2, 0.25) is 0 Å². The van der Waals surface area contributed by atoms with Crippen molar-refractivity contribution in [1.29, 1.82) is 0 Å². The maximum Gasteiger partial charge on any atom is 0.159 e. The van der Waals surface area contributed by atoms with Crippen LogP contribution < -0.4 is 5.73 Å². The predicted octanol–water partition coefficient (Wildman–Crippen LogP) is 3.65. The Bertz CT molecular complexity index is 596. The van der Waals surface area contributed by atoms with Crippen LogP contribution >= 0.6 is 0 Å². The molecule has 0 aromatic heterocycles. The van der Waals surface area contributed by atoms with Crippen LogP contribution in [0.4, 0.5) is 13.2 Å². The molecule has 0 aliphatic carbocycles. The first-order valence-corrected chi connectivity index (χ1v) is 5.93. The average Bonchev–Trinajstić information content (AvgIpc) is 2.36. The third kappa shape index (κ3) is 3.15. The number of hydrogen-bond donors (Lipinski definition) is 1. The molecule has 0 aliphatic rings. The van der Waals surface area contributed by atoms with Crippen molar-refractivity contribution in [3.8, 4) is 0 Å². The number of benzene rings is 2. The monoisotopic (exact) mass is 265 g/mol. The lowest BCUT2D eigenvalue weighted by atomic mass is 9.96. The van der Waals surface area contributed by atoms with Crippen molar-refractivity contribution in [3.63, 3.8) is 0 Å². The predicted molar refractivity (Wildman–Crippen MR) is 68.1 cm³/mol. The second kappa shape index (κ2) is 5.45. The van der Waals surface area contributed by atoms with Crippen LogP contribution in [0, 0.1) is 24.4 Å². The van der Waals surface area contributed by atoms with Gasteiger partial charge in [-0.3, -0.25) is 0 Å². The zero-order chi connectivity index (χ0) is 14.0. The van der Waals surface area contributed by atoms with Gasteiger partial charge in [0, 0.05) is 6.04 Å². The van der Waals surface area contributed by atoms with Crippen LogP contribution in [-0.4, -0.2) is 0 Å². The highest BCUT2D eigenvalue weighted by Crippen LogP contribution is 2.20. The van der Waals surface area contributed by atoms with E-state index < -0.39 is 17.7 Å². The van der Waals surface area contributed by atoms with Gasteiger partial charge in [-0.1, -0.05) is 12.1 Å². The maximum atomic E-state index is 13.1. The summed E-state index contributed by atoms with van der Waals surface area (Å²) in [5, 5.41) is 0. The molecular weight excluding hydrogens is 251 g/mol. The number of rotatable bonds is 3. The Kier molecular flexibility index (Phi) is 3.90. The van der Waals surface area contributed by atoms with Crippen molar-refractivity contribution >= 4 is 0 Å². The molecule has 1 nitrogen and oxygen atoms in total. The summed E-state index contributed by atoms with van der Waals surface area (Å²) in [6.07, 6.45) is 0.442. The molecule has 0 amide bonds. The Morgan fingerprint density at radius 2 is 1.74 bits per heavy atom. The van der Waals surface area contributed by atoms with E-state index in [0.29, 0.717) is 12.0 Å². The third-order valence-corrected chi connectivity index (χ3v) is 3.12. The molecular formula is C15H14F3N. The number of hydrogen-bond acceptors (Lipinski definition) is 1. The van der Waals surface area contributed by atoms with Gasteiger partial charge in [0.1, 0.15) is 5.82 Å². The fraction of sp³-hybridized carbons (Fsp3) is 0.200. The zero-order valence-corrected chi connectivity index (χ0v) is 10.5. The molecule has 2 aromatic carbocycles. The molecule has 100 valence electrons. The Hall–Kier alpha value is -1.81. The van der Waals surface area contributed by atoms with E-state index in [1.807, 2.05) is 0 Å². The normalized spacial score (nSPS) is 12.5. The molecule has 0 saturated carbocycles. The fourth-order valence-corrected chi connectivity index (χ4v) is 1.99. The number of halogens is 3. The van der Waals surface area contributed by atoms with Crippen molar-refractivity contribution in [2.75, 3.05) is 0 Å². The van der Waals surface area contributed by atoms with Gasteiger partial charge in [0.2, 0.25) is 0 Å². The molecule has 4 heteroatoms. The molecule has 0 spiro atoms. The number of nitrogens with two attached hydrogens (primary N) is 1. The van der Waals surface area contributed by atoms with E-state index in [-0.39, 0.29) is 5.82 Å². The Morgan fingerprint density at radius 3 is 2.37 bits per heavy atom. The van der Waals surface area contributed by atoms with E-state index in [4.69, 9.17) is 5.73 Å². The third-order valence-electron chi connectivity index (χ3n) is 3.12. The van der Waals surface area contributed by atoms with Gasteiger partial charge in [-0.05, 0) is 54.3 Å². The van der Waals surface area contributed by atoms with Crippen molar-refractivity contribution < 1.29 is 13.2 Å². The van der Waals surface area contributed by atoms with E-state index in [1.54, 1.807) is 13.0 Å². The molecule has 1 unspecified atom stereocenters. The van der Waals surface area contributed by atoms with Crippen LogP contribution in [-0.2, 0) is 6.42 Å². The topological polar surface area (TPSA) is 26.0 Å². The first-order valence-electron chi connectivity index (χ1n) is 5.93. The van der Waals surface area contributed by atoms with Gasteiger partial charge < -0.3 is 5.73 Å². The van der Waals surface area contributed by atoms with E-state index in [1.165, 1.54) is 18.2 Å². The molecule has 2 N–H and O–H groups in total. The first kappa shape index (κ1) is 13.6. The summed E-state index contributed by atoms with van der Waals surface area (Å²) in [6.45, 7) is 1.79. The van der Waals surface area contributed by atoms with Gasteiger partial charge in [-0.2, -0.15) is 0 Å². The minimum Gasteiger partial charge on any atom is -0.324 e. The highest BCUT2D eigenvalue weighted by atomic mass is 19.2. The Labute approximate surface area is 109 Å². The summed E-state index contributed by atoms with van der Waals surface area (Å²) in [5.41, 5.74) is 8.16. The summed E-state index contributed by atoms with van der Waals surface area (Å²) in [4.78, 5) is 0. The molecule has 2 aromatic rings. The van der Waals surface area contributed by atoms with Crippen LogP contribution in [0.1, 0.15) is 22.7 Å². The van der Waals surface area contributed by atoms with Gasteiger partial charge >= 0.3 is 0 Å². The summed E-state index contributed by atoms with van der Waals surface area (Å²) < 4.78 is 39.0. The van der Waals surface area contributed by atoms with E-state index in [0.717, 1.165) is 23.3 Å². The smallest absolute Gasteiger partial charge is 0.159 e. The van der Waals surface area contributed by atoms with Gasteiger partial charge in [-0.15, -0.1) is 0 Å². The zero-order valence-electron chi connectivity index (χ0n) is 10.5. The molecule has 0 fully saturated rings.